The Hall–Kier alpha value is -3.55. The summed E-state index contributed by atoms with van der Waals surface area (Å²) in [6, 6.07) is 11.0. The van der Waals surface area contributed by atoms with Gasteiger partial charge in [0, 0.05) is 18.7 Å². The number of hydrogen-bond donors (Lipinski definition) is 1. The number of nitro benzene ring substituents is 1. The van der Waals surface area contributed by atoms with E-state index in [4.69, 9.17) is 0 Å². The van der Waals surface area contributed by atoms with Crippen LogP contribution in [0.2, 0.25) is 0 Å². The molecule has 0 unspecified atom stereocenters. The number of carbonyl (C=O) groups is 3. The van der Waals surface area contributed by atoms with Gasteiger partial charge in [-0.1, -0.05) is 29.8 Å². The van der Waals surface area contributed by atoms with Crippen molar-refractivity contribution in [2.24, 2.45) is 0 Å². The van der Waals surface area contributed by atoms with E-state index in [-0.39, 0.29) is 23.4 Å². The summed E-state index contributed by atoms with van der Waals surface area (Å²) in [5.41, 5.74) is 1.71. The van der Waals surface area contributed by atoms with Crippen molar-refractivity contribution in [1.29, 1.82) is 0 Å². The van der Waals surface area contributed by atoms with E-state index in [2.05, 4.69) is 5.32 Å². The van der Waals surface area contributed by atoms with Crippen LogP contribution in [-0.2, 0) is 11.3 Å². The topological polar surface area (TPSA) is 110 Å². The van der Waals surface area contributed by atoms with Gasteiger partial charge in [-0.05, 0) is 18.6 Å². The summed E-state index contributed by atoms with van der Waals surface area (Å²) in [5.74, 6) is -1.83. The van der Waals surface area contributed by atoms with Crippen LogP contribution in [-0.4, -0.2) is 34.1 Å². The molecule has 0 fully saturated rings. The maximum atomic E-state index is 12.3. The minimum absolute atomic E-state index is 0.0597. The maximum absolute atomic E-state index is 12.3. The lowest BCUT2D eigenvalue weighted by Gasteiger charge is -2.13. The number of rotatable bonds is 5. The summed E-state index contributed by atoms with van der Waals surface area (Å²) in [6.07, 6.45) is 0. The molecule has 0 saturated heterocycles. The molecular formula is C18H15N3O5. The van der Waals surface area contributed by atoms with Crippen LogP contribution in [0.4, 0.5) is 5.69 Å². The maximum Gasteiger partial charge on any atom is 0.270 e. The molecule has 1 aliphatic rings. The molecule has 2 aromatic rings. The highest BCUT2D eigenvalue weighted by molar-refractivity contribution is 6.22. The van der Waals surface area contributed by atoms with E-state index in [9.17, 15) is 24.5 Å². The van der Waals surface area contributed by atoms with Gasteiger partial charge in [-0.3, -0.25) is 29.4 Å². The largest absolute Gasteiger partial charge is 0.350 e. The number of amides is 3. The van der Waals surface area contributed by atoms with Gasteiger partial charge in [-0.2, -0.15) is 0 Å². The summed E-state index contributed by atoms with van der Waals surface area (Å²) in [5, 5.41) is 13.5. The van der Waals surface area contributed by atoms with Crippen LogP contribution in [0.1, 0.15) is 31.8 Å². The predicted octanol–water partition coefficient (Wildman–Crippen LogP) is 1.82. The van der Waals surface area contributed by atoms with Crippen molar-refractivity contribution in [1.82, 2.24) is 10.2 Å². The second-order valence-electron chi connectivity index (χ2n) is 5.95. The van der Waals surface area contributed by atoms with E-state index < -0.39 is 29.2 Å². The fourth-order valence-electron chi connectivity index (χ4n) is 2.64. The molecule has 0 radical (unpaired) electrons. The zero-order valence-electron chi connectivity index (χ0n) is 13.9. The predicted molar refractivity (Wildman–Crippen MR) is 91.5 cm³/mol. The third-order valence-corrected chi connectivity index (χ3v) is 4.08. The van der Waals surface area contributed by atoms with Gasteiger partial charge in [0.15, 0.2) is 0 Å². The standard InChI is InChI=1S/C18H15N3O5/c1-11-2-4-12(5-3-11)9-19-16(22)10-20-17(23)14-7-6-13(21(25)26)8-15(14)18(20)24/h2-8H,9-10H2,1H3,(H,19,22). The quantitative estimate of drug-likeness (QED) is 0.501. The number of nitrogens with one attached hydrogen (secondary N) is 1. The number of benzene rings is 2. The SMILES string of the molecule is Cc1ccc(CNC(=O)CN2C(=O)c3ccc([N+](=O)[O-])cc3C2=O)cc1. The summed E-state index contributed by atoms with van der Waals surface area (Å²) in [7, 11) is 0. The highest BCUT2D eigenvalue weighted by Crippen LogP contribution is 2.26. The number of nitro groups is 1. The number of imide groups is 1. The van der Waals surface area contributed by atoms with Crippen molar-refractivity contribution in [2.75, 3.05) is 6.54 Å². The number of fused-ring (bicyclic) bond motifs is 1. The molecule has 1 heterocycles. The summed E-state index contributed by atoms with van der Waals surface area (Å²) < 4.78 is 0. The third kappa shape index (κ3) is 3.30. The van der Waals surface area contributed by atoms with Gasteiger partial charge in [0.25, 0.3) is 17.5 Å². The number of non-ortho nitro benzene ring substituents is 1. The molecule has 1 aliphatic heterocycles. The van der Waals surface area contributed by atoms with Crippen molar-refractivity contribution < 1.29 is 19.3 Å². The van der Waals surface area contributed by atoms with Crippen molar-refractivity contribution in [2.45, 2.75) is 13.5 Å². The first-order valence-corrected chi connectivity index (χ1v) is 7.83. The lowest BCUT2D eigenvalue weighted by atomic mass is 10.1. The molecule has 0 saturated carbocycles. The van der Waals surface area contributed by atoms with E-state index in [1.165, 1.54) is 6.07 Å². The van der Waals surface area contributed by atoms with Crippen LogP contribution in [0.15, 0.2) is 42.5 Å². The Morgan fingerprint density at radius 3 is 2.38 bits per heavy atom. The van der Waals surface area contributed by atoms with Gasteiger partial charge in [0.2, 0.25) is 5.91 Å². The van der Waals surface area contributed by atoms with Crippen LogP contribution >= 0.6 is 0 Å². The number of aryl methyl sites for hydroxylation is 1. The second-order valence-corrected chi connectivity index (χ2v) is 5.95. The number of nitrogens with zero attached hydrogens (tertiary/aromatic N) is 2. The first-order valence-electron chi connectivity index (χ1n) is 7.83. The number of carbonyl (C=O) groups excluding carboxylic acids is 3. The Labute approximate surface area is 148 Å². The Bertz CT molecular complexity index is 921. The molecule has 8 heteroatoms. The molecule has 0 aliphatic carbocycles. The fourth-order valence-corrected chi connectivity index (χ4v) is 2.64. The lowest BCUT2D eigenvalue weighted by molar-refractivity contribution is -0.384. The Morgan fingerprint density at radius 2 is 1.73 bits per heavy atom. The highest BCUT2D eigenvalue weighted by atomic mass is 16.6. The Balaban J connectivity index is 1.67. The van der Waals surface area contributed by atoms with E-state index in [1.807, 2.05) is 31.2 Å². The molecule has 3 amide bonds. The van der Waals surface area contributed by atoms with Crippen LogP contribution in [0.3, 0.4) is 0 Å². The Kier molecular flexibility index (Phi) is 4.49. The normalized spacial score (nSPS) is 12.9. The average Bonchev–Trinajstić information content (AvgIpc) is 2.85. The van der Waals surface area contributed by atoms with Gasteiger partial charge in [-0.25, -0.2) is 0 Å². The van der Waals surface area contributed by atoms with Crippen molar-refractivity contribution >= 4 is 23.4 Å². The van der Waals surface area contributed by atoms with Gasteiger partial charge in [-0.15, -0.1) is 0 Å². The number of hydrogen-bond acceptors (Lipinski definition) is 5. The second kappa shape index (κ2) is 6.75. The van der Waals surface area contributed by atoms with Crippen molar-refractivity contribution in [3.8, 4) is 0 Å². The Morgan fingerprint density at radius 1 is 1.08 bits per heavy atom. The van der Waals surface area contributed by atoms with Crippen molar-refractivity contribution in [3.63, 3.8) is 0 Å². The van der Waals surface area contributed by atoms with Gasteiger partial charge in [0.1, 0.15) is 6.54 Å². The molecule has 3 rings (SSSR count). The fraction of sp³-hybridized carbons (Fsp3) is 0.167. The molecule has 1 N–H and O–H groups in total. The average molecular weight is 353 g/mol. The molecule has 0 bridgehead atoms. The monoisotopic (exact) mass is 353 g/mol. The van der Waals surface area contributed by atoms with Gasteiger partial charge in [0.05, 0.1) is 16.1 Å². The lowest BCUT2D eigenvalue weighted by Crippen LogP contribution is -2.40. The van der Waals surface area contributed by atoms with Crippen LogP contribution < -0.4 is 5.32 Å². The molecule has 0 atom stereocenters. The zero-order valence-corrected chi connectivity index (χ0v) is 13.9. The smallest absolute Gasteiger partial charge is 0.270 e. The molecule has 0 aromatic heterocycles. The summed E-state index contributed by atoms with van der Waals surface area (Å²) in [4.78, 5) is 47.7. The minimum atomic E-state index is -0.709. The first-order chi connectivity index (χ1) is 12.4. The van der Waals surface area contributed by atoms with Crippen molar-refractivity contribution in [3.05, 3.63) is 74.8 Å². The minimum Gasteiger partial charge on any atom is -0.350 e. The summed E-state index contributed by atoms with van der Waals surface area (Å²) in [6.45, 7) is 1.79. The summed E-state index contributed by atoms with van der Waals surface area (Å²) >= 11 is 0. The van der Waals surface area contributed by atoms with Crippen LogP contribution in [0.5, 0.6) is 0 Å². The molecule has 2 aromatic carbocycles. The van der Waals surface area contributed by atoms with E-state index in [0.717, 1.165) is 28.2 Å². The zero-order chi connectivity index (χ0) is 18.8. The third-order valence-electron chi connectivity index (χ3n) is 4.08. The molecule has 26 heavy (non-hydrogen) atoms. The first kappa shape index (κ1) is 17.3. The van der Waals surface area contributed by atoms with E-state index in [1.54, 1.807) is 0 Å². The van der Waals surface area contributed by atoms with E-state index in [0.29, 0.717) is 0 Å². The molecule has 8 nitrogen and oxygen atoms in total. The van der Waals surface area contributed by atoms with E-state index >= 15 is 0 Å². The molecule has 0 spiro atoms. The molecular weight excluding hydrogens is 338 g/mol. The van der Waals surface area contributed by atoms with Crippen LogP contribution in [0, 0.1) is 17.0 Å². The molecule has 132 valence electrons. The van der Waals surface area contributed by atoms with Gasteiger partial charge >= 0.3 is 0 Å². The van der Waals surface area contributed by atoms with Crippen LogP contribution in [0.25, 0.3) is 0 Å². The van der Waals surface area contributed by atoms with Gasteiger partial charge < -0.3 is 5.32 Å². The highest BCUT2D eigenvalue weighted by Gasteiger charge is 2.37.